The zero-order valence-electron chi connectivity index (χ0n) is 6.24. The van der Waals surface area contributed by atoms with Gasteiger partial charge in [0.15, 0.2) is 5.69 Å². The van der Waals surface area contributed by atoms with Crippen molar-refractivity contribution in [1.29, 1.82) is 0 Å². The summed E-state index contributed by atoms with van der Waals surface area (Å²) in [6, 6.07) is 0. The molecule has 0 saturated carbocycles. The molecule has 0 spiro atoms. The molecule has 0 aromatic carbocycles. The number of rotatable bonds is 1. The number of ether oxygens (including phenoxy) is 1. The maximum Gasteiger partial charge on any atom is 0.358 e. The predicted octanol–water partition coefficient (Wildman–Crippen LogP) is 0.698. The number of carbonyl (C=O) groups is 1. The second-order valence-corrected chi connectivity index (χ2v) is 2.55. The van der Waals surface area contributed by atoms with Gasteiger partial charge in [0.2, 0.25) is 0 Å². The van der Waals surface area contributed by atoms with Gasteiger partial charge in [0.25, 0.3) is 0 Å². The van der Waals surface area contributed by atoms with Crippen LogP contribution in [0, 0.1) is 0 Å². The lowest BCUT2D eigenvalue weighted by molar-refractivity contribution is 0.0684. The maximum absolute atomic E-state index is 10.6. The highest BCUT2D eigenvalue weighted by molar-refractivity contribution is 5.87. The Morgan fingerprint density at radius 1 is 1.58 bits per heavy atom. The van der Waals surface area contributed by atoms with Crippen LogP contribution in [-0.4, -0.2) is 22.8 Å². The van der Waals surface area contributed by atoms with E-state index in [9.17, 15) is 4.79 Å². The molecule has 0 aliphatic carbocycles. The van der Waals surface area contributed by atoms with Gasteiger partial charge < -0.3 is 14.4 Å². The van der Waals surface area contributed by atoms with Gasteiger partial charge in [-0.15, -0.1) is 0 Å². The lowest BCUT2D eigenvalue weighted by atomic mass is 10.1. The zero-order valence-corrected chi connectivity index (χ0v) is 6.24. The lowest BCUT2D eigenvalue weighted by Crippen LogP contribution is -2.09. The third kappa shape index (κ3) is 0.939. The molecule has 12 heavy (non-hydrogen) atoms. The average molecular weight is 169 g/mol. The van der Waals surface area contributed by atoms with Crippen LogP contribution in [0.25, 0.3) is 0 Å². The summed E-state index contributed by atoms with van der Waals surface area (Å²) < 4.78 is 9.76. The van der Waals surface area contributed by atoms with Crippen molar-refractivity contribution in [3.8, 4) is 5.95 Å². The molecule has 0 radical (unpaired) electrons. The predicted molar refractivity (Wildman–Crippen MR) is 37.3 cm³/mol. The van der Waals surface area contributed by atoms with Crippen LogP contribution >= 0.6 is 0 Å². The molecule has 5 heteroatoms. The number of carboxylic acids is 1. The van der Waals surface area contributed by atoms with E-state index in [1.807, 2.05) is 0 Å². The molecular formula is C7H7NO4. The Bertz CT molecular complexity index is 317. The Labute approximate surface area is 67.9 Å². The molecule has 2 heterocycles. The van der Waals surface area contributed by atoms with E-state index in [0.29, 0.717) is 18.6 Å². The molecule has 1 aliphatic rings. The summed E-state index contributed by atoms with van der Waals surface area (Å²) in [5.74, 6) is -0.802. The van der Waals surface area contributed by atoms with Crippen molar-refractivity contribution in [1.82, 2.24) is 5.16 Å². The first-order valence-electron chi connectivity index (χ1n) is 3.63. The third-order valence-electron chi connectivity index (χ3n) is 1.76. The second-order valence-electron chi connectivity index (χ2n) is 2.55. The fraction of sp³-hybridized carbons (Fsp3) is 0.429. The minimum atomic E-state index is -1.06. The fourth-order valence-corrected chi connectivity index (χ4v) is 1.21. The van der Waals surface area contributed by atoms with Gasteiger partial charge in [-0.05, 0) is 12.8 Å². The number of hydrogen-bond donors (Lipinski definition) is 1. The van der Waals surface area contributed by atoms with E-state index in [4.69, 9.17) is 14.4 Å². The Hall–Kier alpha value is -1.52. The molecule has 1 N–H and O–H groups in total. The standard InChI is InChI=1S/C7H7NO4/c9-6(10)5-4-2-1-3-11-7(4)12-8-5/h1-3H2,(H,9,10). The summed E-state index contributed by atoms with van der Waals surface area (Å²) in [6.07, 6.45) is 1.48. The first-order chi connectivity index (χ1) is 5.79. The highest BCUT2D eigenvalue weighted by Crippen LogP contribution is 2.27. The number of carboxylic acid groups (broad SMARTS) is 1. The summed E-state index contributed by atoms with van der Waals surface area (Å²) in [5.41, 5.74) is 0.554. The van der Waals surface area contributed by atoms with Gasteiger partial charge in [-0.2, -0.15) is 0 Å². The van der Waals surface area contributed by atoms with Crippen molar-refractivity contribution < 1.29 is 19.2 Å². The summed E-state index contributed by atoms with van der Waals surface area (Å²) in [4.78, 5) is 10.6. The SMILES string of the molecule is O=C(O)c1noc2c1CCCO2. The fourth-order valence-electron chi connectivity index (χ4n) is 1.21. The van der Waals surface area contributed by atoms with Crippen LogP contribution in [0.4, 0.5) is 0 Å². The zero-order chi connectivity index (χ0) is 8.55. The molecule has 0 amide bonds. The van der Waals surface area contributed by atoms with E-state index >= 15 is 0 Å². The Balaban J connectivity index is 2.44. The Kier molecular flexibility index (Phi) is 1.49. The van der Waals surface area contributed by atoms with Gasteiger partial charge in [-0.3, -0.25) is 0 Å². The van der Waals surface area contributed by atoms with E-state index in [1.54, 1.807) is 0 Å². The summed E-state index contributed by atoms with van der Waals surface area (Å²) in [6.45, 7) is 0.571. The average Bonchev–Trinajstić information content (AvgIpc) is 2.47. The topological polar surface area (TPSA) is 72.6 Å². The van der Waals surface area contributed by atoms with Crippen LogP contribution in [0.1, 0.15) is 22.5 Å². The van der Waals surface area contributed by atoms with E-state index < -0.39 is 5.97 Å². The largest absolute Gasteiger partial charge is 0.476 e. The molecular weight excluding hydrogens is 162 g/mol. The summed E-state index contributed by atoms with van der Waals surface area (Å²) in [7, 11) is 0. The molecule has 64 valence electrons. The molecule has 0 saturated heterocycles. The van der Waals surface area contributed by atoms with Crippen LogP contribution in [0.5, 0.6) is 5.95 Å². The number of aromatic nitrogens is 1. The molecule has 0 fully saturated rings. The normalized spacial score (nSPS) is 15.0. The second kappa shape index (κ2) is 2.51. The number of fused-ring (bicyclic) bond motifs is 1. The summed E-state index contributed by atoms with van der Waals surface area (Å²) >= 11 is 0. The molecule has 1 aromatic heterocycles. The molecule has 0 atom stereocenters. The van der Waals surface area contributed by atoms with Gasteiger partial charge in [-0.1, -0.05) is 5.16 Å². The number of aromatic carboxylic acids is 1. The Morgan fingerprint density at radius 3 is 3.17 bits per heavy atom. The maximum atomic E-state index is 10.6. The van der Waals surface area contributed by atoms with Crippen LogP contribution in [0.3, 0.4) is 0 Å². The van der Waals surface area contributed by atoms with Gasteiger partial charge in [-0.25, -0.2) is 4.79 Å². The van der Waals surface area contributed by atoms with Crippen LogP contribution in [0.2, 0.25) is 0 Å². The van der Waals surface area contributed by atoms with Crippen molar-refractivity contribution in [2.24, 2.45) is 0 Å². The van der Waals surface area contributed by atoms with Crippen molar-refractivity contribution in [2.45, 2.75) is 12.8 Å². The number of hydrogen-bond acceptors (Lipinski definition) is 4. The van der Waals surface area contributed by atoms with E-state index in [0.717, 1.165) is 6.42 Å². The molecule has 1 aromatic rings. The molecule has 0 unspecified atom stereocenters. The highest BCUT2D eigenvalue weighted by Gasteiger charge is 2.24. The molecule has 0 bridgehead atoms. The molecule has 1 aliphatic heterocycles. The monoisotopic (exact) mass is 169 g/mol. The van der Waals surface area contributed by atoms with Gasteiger partial charge in [0, 0.05) is 0 Å². The van der Waals surface area contributed by atoms with Gasteiger partial charge in [0.1, 0.15) is 0 Å². The first kappa shape index (κ1) is 7.15. The van der Waals surface area contributed by atoms with Gasteiger partial charge >= 0.3 is 11.9 Å². The molecule has 5 nitrogen and oxygen atoms in total. The van der Waals surface area contributed by atoms with Crippen LogP contribution in [0.15, 0.2) is 4.52 Å². The van der Waals surface area contributed by atoms with Crippen molar-refractivity contribution >= 4 is 5.97 Å². The van der Waals surface area contributed by atoms with E-state index in [1.165, 1.54) is 0 Å². The van der Waals surface area contributed by atoms with Crippen LogP contribution < -0.4 is 4.74 Å². The lowest BCUT2D eigenvalue weighted by Gasteiger charge is -2.09. The minimum absolute atomic E-state index is 0.0234. The quantitative estimate of drug-likeness (QED) is 0.669. The smallest absolute Gasteiger partial charge is 0.358 e. The molecule has 2 rings (SSSR count). The Morgan fingerprint density at radius 2 is 2.42 bits per heavy atom. The number of nitrogens with zero attached hydrogens (tertiary/aromatic N) is 1. The van der Waals surface area contributed by atoms with Crippen molar-refractivity contribution in [3.05, 3.63) is 11.3 Å². The van der Waals surface area contributed by atoms with Crippen molar-refractivity contribution in [2.75, 3.05) is 6.61 Å². The third-order valence-corrected chi connectivity index (χ3v) is 1.76. The van der Waals surface area contributed by atoms with Gasteiger partial charge in [0.05, 0.1) is 12.2 Å². The van der Waals surface area contributed by atoms with Crippen LogP contribution in [-0.2, 0) is 6.42 Å². The minimum Gasteiger partial charge on any atom is -0.476 e. The summed E-state index contributed by atoms with van der Waals surface area (Å²) in [5, 5.41) is 12.0. The van der Waals surface area contributed by atoms with E-state index in [-0.39, 0.29) is 11.6 Å². The first-order valence-corrected chi connectivity index (χ1v) is 3.63. The highest BCUT2D eigenvalue weighted by atomic mass is 16.6. The van der Waals surface area contributed by atoms with Crippen molar-refractivity contribution in [3.63, 3.8) is 0 Å². The van der Waals surface area contributed by atoms with E-state index in [2.05, 4.69) is 5.16 Å².